The Morgan fingerprint density at radius 2 is 2.35 bits per heavy atom. The summed E-state index contributed by atoms with van der Waals surface area (Å²) in [5.41, 5.74) is 11.8. The van der Waals surface area contributed by atoms with Crippen LogP contribution in [0.5, 0.6) is 0 Å². The molecule has 1 aliphatic rings. The van der Waals surface area contributed by atoms with Crippen LogP contribution in [-0.2, 0) is 4.79 Å². The average molecular weight is 235 g/mol. The van der Waals surface area contributed by atoms with E-state index in [-0.39, 0.29) is 11.9 Å². The van der Waals surface area contributed by atoms with Crippen LogP contribution < -0.4 is 11.5 Å². The van der Waals surface area contributed by atoms with Gasteiger partial charge in [0.25, 0.3) is 0 Å². The Morgan fingerprint density at radius 1 is 1.59 bits per heavy atom. The van der Waals surface area contributed by atoms with Crippen molar-refractivity contribution in [3.05, 3.63) is 17.6 Å². The number of aromatic nitrogens is 2. The number of carbonyl (C=O) groups excluding carboxylic acids is 1. The molecule has 1 aliphatic heterocycles. The Balaban J connectivity index is 2.04. The van der Waals surface area contributed by atoms with Gasteiger partial charge in [-0.05, 0) is 13.3 Å². The molecule has 0 bridgehead atoms. The molecule has 6 nitrogen and oxygen atoms in total. The fourth-order valence-electron chi connectivity index (χ4n) is 2.08. The van der Waals surface area contributed by atoms with Crippen molar-refractivity contribution in [1.82, 2.24) is 14.9 Å². The van der Waals surface area contributed by atoms with Gasteiger partial charge in [-0.3, -0.25) is 9.69 Å². The minimum Gasteiger partial charge on any atom is -0.384 e. The first-order chi connectivity index (χ1) is 8.06. The Morgan fingerprint density at radius 3 is 2.88 bits per heavy atom. The average Bonchev–Trinajstić information content (AvgIpc) is 2.13. The van der Waals surface area contributed by atoms with Gasteiger partial charge in [0.1, 0.15) is 11.6 Å². The van der Waals surface area contributed by atoms with Crippen LogP contribution in [0.3, 0.4) is 0 Å². The largest absolute Gasteiger partial charge is 0.384 e. The monoisotopic (exact) mass is 235 g/mol. The third-order valence-electron chi connectivity index (χ3n) is 2.99. The lowest BCUT2D eigenvalue weighted by molar-refractivity contribution is -0.118. The summed E-state index contributed by atoms with van der Waals surface area (Å²) in [6.45, 7) is 3.48. The highest BCUT2D eigenvalue weighted by Gasteiger charge is 2.30. The normalized spacial score (nSPS) is 19.9. The summed E-state index contributed by atoms with van der Waals surface area (Å²) in [4.78, 5) is 21.4. The van der Waals surface area contributed by atoms with E-state index in [0.717, 1.165) is 18.7 Å². The molecule has 0 saturated carbocycles. The van der Waals surface area contributed by atoms with Crippen LogP contribution in [0.2, 0.25) is 0 Å². The molecule has 0 aliphatic carbocycles. The van der Waals surface area contributed by atoms with Crippen molar-refractivity contribution in [1.29, 1.82) is 0 Å². The van der Waals surface area contributed by atoms with Crippen molar-refractivity contribution in [2.45, 2.75) is 25.8 Å². The summed E-state index contributed by atoms with van der Waals surface area (Å²) >= 11 is 0. The highest BCUT2D eigenvalue weighted by Crippen LogP contribution is 2.32. The second kappa shape index (κ2) is 4.67. The Bertz CT molecular complexity index is 414. The molecule has 6 heteroatoms. The standard InChI is InChI=1S/C11H17N5O/c1-7-14-8(6-10(12)15-7)9-2-4-16(9)5-3-11(13)17/h6,9H,2-5H2,1H3,(H2,13,17)(H2,12,14,15)/t9-/m1/s1. The molecule has 0 spiro atoms. The van der Waals surface area contributed by atoms with Gasteiger partial charge in [-0.25, -0.2) is 9.97 Å². The van der Waals surface area contributed by atoms with Crippen molar-refractivity contribution in [3.63, 3.8) is 0 Å². The van der Waals surface area contributed by atoms with E-state index in [1.54, 1.807) is 6.07 Å². The molecular weight excluding hydrogens is 218 g/mol. The van der Waals surface area contributed by atoms with E-state index in [2.05, 4.69) is 14.9 Å². The molecule has 2 rings (SSSR count). The van der Waals surface area contributed by atoms with E-state index in [1.807, 2.05) is 6.92 Å². The Kier molecular flexibility index (Phi) is 3.23. The summed E-state index contributed by atoms with van der Waals surface area (Å²) < 4.78 is 0. The molecule has 1 aromatic rings. The topological polar surface area (TPSA) is 98.1 Å². The van der Waals surface area contributed by atoms with E-state index in [4.69, 9.17) is 11.5 Å². The van der Waals surface area contributed by atoms with Crippen molar-refractivity contribution >= 4 is 11.7 Å². The maximum absolute atomic E-state index is 10.7. The van der Waals surface area contributed by atoms with Gasteiger partial charge in [-0.1, -0.05) is 0 Å². The lowest BCUT2D eigenvalue weighted by atomic mass is 9.99. The Hall–Kier alpha value is -1.69. The molecule has 2 heterocycles. The van der Waals surface area contributed by atoms with Crippen LogP contribution in [0.15, 0.2) is 6.07 Å². The van der Waals surface area contributed by atoms with E-state index < -0.39 is 0 Å². The second-order valence-corrected chi connectivity index (χ2v) is 4.32. The molecule has 1 saturated heterocycles. The Labute approximate surface area is 100 Å². The first-order valence-electron chi connectivity index (χ1n) is 5.69. The number of hydrogen-bond acceptors (Lipinski definition) is 5. The molecule has 0 unspecified atom stereocenters. The number of likely N-dealkylation sites (tertiary alicyclic amines) is 1. The smallest absolute Gasteiger partial charge is 0.218 e. The number of rotatable bonds is 4. The minimum atomic E-state index is -0.269. The van der Waals surface area contributed by atoms with Crippen LogP contribution in [-0.4, -0.2) is 33.9 Å². The van der Waals surface area contributed by atoms with Crippen LogP contribution in [0.4, 0.5) is 5.82 Å². The minimum absolute atomic E-state index is 0.248. The maximum atomic E-state index is 10.7. The van der Waals surface area contributed by atoms with Gasteiger partial charge in [0, 0.05) is 25.6 Å². The van der Waals surface area contributed by atoms with Gasteiger partial charge in [-0.2, -0.15) is 0 Å². The molecule has 92 valence electrons. The number of primary amides is 1. The highest BCUT2D eigenvalue weighted by molar-refractivity contribution is 5.73. The predicted octanol–water partition coefficient (Wildman–Crippen LogP) is -0.0106. The third-order valence-corrected chi connectivity index (χ3v) is 2.99. The zero-order chi connectivity index (χ0) is 12.4. The van der Waals surface area contributed by atoms with Crippen LogP contribution in [0.25, 0.3) is 0 Å². The molecule has 1 aromatic heterocycles. The summed E-state index contributed by atoms with van der Waals surface area (Å²) in [6.07, 6.45) is 1.42. The quantitative estimate of drug-likeness (QED) is 0.764. The van der Waals surface area contributed by atoms with Crippen molar-refractivity contribution in [2.75, 3.05) is 18.8 Å². The molecule has 1 atom stereocenters. The summed E-state index contributed by atoms with van der Waals surface area (Å²) in [6, 6.07) is 2.05. The predicted molar refractivity (Wildman–Crippen MR) is 63.9 cm³/mol. The third kappa shape index (κ3) is 2.71. The van der Waals surface area contributed by atoms with Gasteiger partial charge in [0.05, 0.1) is 11.7 Å². The molecule has 1 fully saturated rings. The fraction of sp³-hybridized carbons (Fsp3) is 0.545. The van der Waals surface area contributed by atoms with Crippen LogP contribution >= 0.6 is 0 Å². The van der Waals surface area contributed by atoms with Gasteiger partial charge in [0.2, 0.25) is 5.91 Å². The fourth-order valence-corrected chi connectivity index (χ4v) is 2.08. The van der Waals surface area contributed by atoms with Gasteiger partial charge < -0.3 is 11.5 Å². The van der Waals surface area contributed by atoms with E-state index in [0.29, 0.717) is 24.6 Å². The van der Waals surface area contributed by atoms with Crippen molar-refractivity contribution in [3.8, 4) is 0 Å². The first kappa shape index (κ1) is 11.8. The van der Waals surface area contributed by atoms with Crippen LogP contribution in [0.1, 0.15) is 30.4 Å². The molecule has 17 heavy (non-hydrogen) atoms. The number of carbonyl (C=O) groups is 1. The number of nitrogens with zero attached hydrogens (tertiary/aromatic N) is 3. The lowest BCUT2D eigenvalue weighted by Crippen LogP contribution is -2.43. The molecule has 1 amide bonds. The number of aryl methyl sites for hydroxylation is 1. The summed E-state index contributed by atoms with van der Waals surface area (Å²) in [5, 5.41) is 0. The van der Waals surface area contributed by atoms with Gasteiger partial charge in [0.15, 0.2) is 0 Å². The zero-order valence-electron chi connectivity index (χ0n) is 9.89. The highest BCUT2D eigenvalue weighted by atomic mass is 16.1. The summed E-state index contributed by atoms with van der Waals surface area (Å²) in [7, 11) is 0. The molecule has 0 aromatic carbocycles. The molecule has 4 N–H and O–H groups in total. The zero-order valence-corrected chi connectivity index (χ0v) is 9.89. The SMILES string of the molecule is Cc1nc(N)cc([C@H]2CCN2CCC(N)=O)n1. The van der Waals surface area contributed by atoms with Crippen molar-refractivity contribution in [2.24, 2.45) is 5.73 Å². The molecular formula is C11H17N5O. The first-order valence-corrected chi connectivity index (χ1v) is 5.69. The number of nitrogens with two attached hydrogens (primary N) is 2. The van der Waals surface area contributed by atoms with Gasteiger partial charge >= 0.3 is 0 Å². The molecule has 0 radical (unpaired) electrons. The summed E-state index contributed by atoms with van der Waals surface area (Å²) in [5.74, 6) is 0.907. The number of anilines is 1. The number of amides is 1. The maximum Gasteiger partial charge on any atom is 0.218 e. The number of hydrogen-bond donors (Lipinski definition) is 2. The number of nitrogen functional groups attached to an aromatic ring is 1. The van der Waals surface area contributed by atoms with Crippen molar-refractivity contribution < 1.29 is 4.79 Å². The van der Waals surface area contributed by atoms with E-state index in [9.17, 15) is 4.79 Å². The second-order valence-electron chi connectivity index (χ2n) is 4.32. The van der Waals surface area contributed by atoms with E-state index in [1.165, 1.54) is 0 Å². The van der Waals surface area contributed by atoms with E-state index >= 15 is 0 Å². The van der Waals surface area contributed by atoms with Gasteiger partial charge in [-0.15, -0.1) is 0 Å². The van der Waals surface area contributed by atoms with Crippen LogP contribution in [0, 0.1) is 6.92 Å². The lowest BCUT2D eigenvalue weighted by Gasteiger charge is -2.40.